The Balaban J connectivity index is 2.05. The van der Waals surface area contributed by atoms with E-state index < -0.39 is 29.1 Å². The summed E-state index contributed by atoms with van der Waals surface area (Å²) in [4.78, 5) is 25.0. The normalized spacial score (nSPS) is 17.3. The molecule has 0 aliphatic heterocycles. The van der Waals surface area contributed by atoms with Crippen LogP contribution in [0.5, 0.6) is 0 Å². The quantitative estimate of drug-likeness (QED) is 0.829. The zero-order valence-electron chi connectivity index (χ0n) is 15.5. The Morgan fingerprint density at radius 1 is 1.00 bits per heavy atom. The van der Waals surface area contributed by atoms with E-state index in [0.29, 0.717) is 0 Å². The number of halogens is 2. The van der Waals surface area contributed by atoms with Crippen molar-refractivity contribution in [2.75, 3.05) is 0 Å². The van der Waals surface area contributed by atoms with E-state index in [2.05, 4.69) is 10.6 Å². The minimum absolute atomic E-state index is 0.0890. The molecule has 0 spiro atoms. The molecule has 6 heteroatoms. The van der Waals surface area contributed by atoms with Crippen LogP contribution in [-0.4, -0.2) is 23.9 Å². The van der Waals surface area contributed by atoms with Gasteiger partial charge in [-0.05, 0) is 30.9 Å². The van der Waals surface area contributed by atoms with Gasteiger partial charge in [-0.1, -0.05) is 52.0 Å². The summed E-state index contributed by atoms with van der Waals surface area (Å²) >= 11 is 0. The highest BCUT2D eigenvalue weighted by atomic mass is 19.1. The smallest absolute Gasteiger partial charge is 0.257 e. The second-order valence-corrected chi connectivity index (χ2v) is 7.34. The predicted octanol–water partition coefficient (Wildman–Crippen LogP) is 3.95. The Morgan fingerprint density at radius 2 is 1.54 bits per heavy atom. The van der Waals surface area contributed by atoms with Gasteiger partial charge in [0.15, 0.2) is 0 Å². The molecule has 1 fully saturated rings. The summed E-state index contributed by atoms with van der Waals surface area (Å²) in [6.07, 6.45) is 7.57. The van der Waals surface area contributed by atoms with E-state index in [9.17, 15) is 18.4 Å². The van der Waals surface area contributed by atoms with Gasteiger partial charge in [-0.25, -0.2) is 8.78 Å². The Kier molecular flexibility index (Phi) is 7.54. The SMILES string of the molecule is CC(C)C(NC(=O)c1c(F)cccc1F)C(=O)NC1CCCCCCC1. The molecule has 0 aromatic heterocycles. The molecule has 1 aromatic rings. The van der Waals surface area contributed by atoms with Gasteiger partial charge in [-0.15, -0.1) is 0 Å². The van der Waals surface area contributed by atoms with Crippen molar-refractivity contribution in [1.82, 2.24) is 10.6 Å². The van der Waals surface area contributed by atoms with Gasteiger partial charge >= 0.3 is 0 Å². The van der Waals surface area contributed by atoms with E-state index >= 15 is 0 Å². The topological polar surface area (TPSA) is 58.2 Å². The average molecular weight is 366 g/mol. The molecule has 1 aliphatic rings. The maximum atomic E-state index is 13.8. The van der Waals surface area contributed by atoms with Crippen molar-refractivity contribution < 1.29 is 18.4 Å². The third kappa shape index (κ3) is 5.51. The molecule has 1 aromatic carbocycles. The first-order valence-electron chi connectivity index (χ1n) is 9.45. The lowest BCUT2D eigenvalue weighted by molar-refractivity contribution is -0.124. The third-order valence-corrected chi connectivity index (χ3v) is 4.88. The molecule has 2 rings (SSSR count). The predicted molar refractivity (Wildman–Crippen MR) is 96.7 cm³/mol. The zero-order chi connectivity index (χ0) is 19.1. The average Bonchev–Trinajstić information content (AvgIpc) is 2.54. The van der Waals surface area contributed by atoms with Crippen LogP contribution in [0.3, 0.4) is 0 Å². The third-order valence-electron chi connectivity index (χ3n) is 4.88. The molecule has 1 saturated carbocycles. The van der Waals surface area contributed by atoms with Gasteiger partial charge < -0.3 is 10.6 Å². The van der Waals surface area contributed by atoms with Gasteiger partial charge in [0.2, 0.25) is 5.91 Å². The fourth-order valence-corrected chi connectivity index (χ4v) is 3.35. The van der Waals surface area contributed by atoms with Crippen LogP contribution in [0.4, 0.5) is 8.78 Å². The van der Waals surface area contributed by atoms with Crippen LogP contribution in [0.2, 0.25) is 0 Å². The summed E-state index contributed by atoms with van der Waals surface area (Å²) in [5, 5.41) is 5.51. The second-order valence-electron chi connectivity index (χ2n) is 7.34. The number of amides is 2. The number of carbonyl (C=O) groups excluding carboxylic acids is 2. The van der Waals surface area contributed by atoms with Crippen LogP contribution in [0.1, 0.15) is 69.2 Å². The molecule has 0 saturated heterocycles. The highest BCUT2D eigenvalue weighted by molar-refractivity contribution is 5.98. The number of carbonyl (C=O) groups is 2. The van der Waals surface area contributed by atoms with Crippen molar-refractivity contribution in [1.29, 1.82) is 0 Å². The van der Waals surface area contributed by atoms with E-state index in [0.717, 1.165) is 37.8 Å². The lowest BCUT2D eigenvalue weighted by Gasteiger charge is -2.26. The first-order chi connectivity index (χ1) is 12.4. The summed E-state index contributed by atoms with van der Waals surface area (Å²) in [7, 11) is 0. The maximum absolute atomic E-state index is 13.8. The summed E-state index contributed by atoms with van der Waals surface area (Å²) in [5.74, 6) is -3.29. The van der Waals surface area contributed by atoms with Crippen LogP contribution in [0.25, 0.3) is 0 Å². The number of hydrogen-bond donors (Lipinski definition) is 2. The zero-order valence-corrected chi connectivity index (χ0v) is 15.5. The molecule has 26 heavy (non-hydrogen) atoms. The molecule has 1 unspecified atom stereocenters. The summed E-state index contributed by atoms with van der Waals surface area (Å²) < 4.78 is 27.6. The minimum atomic E-state index is -0.939. The van der Waals surface area contributed by atoms with Crippen LogP contribution < -0.4 is 10.6 Å². The fraction of sp³-hybridized carbons (Fsp3) is 0.600. The molecule has 2 amide bonds. The lowest BCUT2D eigenvalue weighted by Crippen LogP contribution is -2.52. The largest absolute Gasteiger partial charge is 0.352 e. The second kappa shape index (κ2) is 9.64. The van der Waals surface area contributed by atoms with Gasteiger partial charge in [0.1, 0.15) is 23.2 Å². The summed E-state index contributed by atoms with van der Waals surface area (Å²) in [6, 6.07) is 2.49. The van der Waals surface area contributed by atoms with E-state index in [4.69, 9.17) is 0 Å². The van der Waals surface area contributed by atoms with Gasteiger partial charge in [0.25, 0.3) is 5.91 Å². The van der Waals surface area contributed by atoms with Crippen LogP contribution in [0, 0.1) is 17.6 Å². The molecular weight excluding hydrogens is 338 g/mol. The summed E-state index contributed by atoms with van der Waals surface area (Å²) in [6.45, 7) is 3.58. The van der Waals surface area contributed by atoms with Crippen molar-refractivity contribution in [3.8, 4) is 0 Å². The Labute approximate surface area is 153 Å². The first kappa shape index (κ1) is 20.3. The van der Waals surface area contributed by atoms with Gasteiger partial charge in [-0.2, -0.15) is 0 Å². The number of nitrogens with one attached hydrogen (secondary N) is 2. The fourth-order valence-electron chi connectivity index (χ4n) is 3.35. The molecule has 0 bridgehead atoms. The molecule has 1 aliphatic carbocycles. The molecule has 0 heterocycles. The maximum Gasteiger partial charge on any atom is 0.257 e. The molecule has 2 N–H and O–H groups in total. The monoisotopic (exact) mass is 366 g/mol. The van der Waals surface area contributed by atoms with Gasteiger partial charge in [0.05, 0.1) is 0 Å². The highest BCUT2D eigenvalue weighted by Gasteiger charge is 2.28. The number of benzene rings is 1. The molecule has 4 nitrogen and oxygen atoms in total. The molecular formula is C20H28F2N2O2. The van der Waals surface area contributed by atoms with Crippen LogP contribution >= 0.6 is 0 Å². The molecule has 144 valence electrons. The van der Waals surface area contributed by atoms with E-state index in [1.54, 1.807) is 13.8 Å². The molecule has 1 atom stereocenters. The van der Waals surface area contributed by atoms with Gasteiger partial charge in [0, 0.05) is 6.04 Å². The standard InChI is InChI=1S/C20H28F2N2O2/c1-13(2)18(20(26)23-14-9-6-4-3-5-7-10-14)24-19(25)17-15(21)11-8-12-16(17)22/h8,11-14,18H,3-7,9-10H2,1-2H3,(H,23,26)(H,24,25). The van der Waals surface area contributed by atoms with E-state index in [1.807, 2.05) is 0 Å². The summed E-state index contributed by atoms with van der Waals surface area (Å²) in [5.41, 5.74) is -0.656. The first-order valence-corrected chi connectivity index (χ1v) is 9.45. The number of hydrogen-bond acceptors (Lipinski definition) is 2. The van der Waals surface area contributed by atoms with E-state index in [-0.39, 0.29) is 17.9 Å². The van der Waals surface area contributed by atoms with Crippen LogP contribution in [-0.2, 0) is 4.79 Å². The molecule has 0 radical (unpaired) electrons. The van der Waals surface area contributed by atoms with Gasteiger partial charge in [-0.3, -0.25) is 9.59 Å². The van der Waals surface area contributed by atoms with Crippen molar-refractivity contribution in [2.24, 2.45) is 5.92 Å². The van der Waals surface area contributed by atoms with Crippen molar-refractivity contribution in [2.45, 2.75) is 70.9 Å². The van der Waals surface area contributed by atoms with Crippen molar-refractivity contribution in [3.05, 3.63) is 35.4 Å². The Bertz CT molecular complexity index is 606. The number of rotatable bonds is 5. The van der Waals surface area contributed by atoms with E-state index in [1.165, 1.54) is 25.3 Å². The Morgan fingerprint density at radius 3 is 2.08 bits per heavy atom. The van der Waals surface area contributed by atoms with Crippen molar-refractivity contribution >= 4 is 11.8 Å². The highest BCUT2D eigenvalue weighted by Crippen LogP contribution is 2.18. The van der Waals surface area contributed by atoms with Crippen molar-refractivity contribution in [3.63, 3.8) is 0 Å². The Hall–Kier alpha value is -1.98. The van der Waals surface area contributed by atoms with Crippen LogP contribution in [0.15, 0.2) is 18.2 Å². The lowest BCUT2D eigenvalue weighted by atomic mass is 9.95. The minimum Gasteiger partial charge on any atom is -0.352 e.